The lowest BCUT2D eigenvalue weighted by molar-refractivity contribution is 0.495. The van der Waals surface area contributed by atoms with Crippen LogP contribution in [-0.2, 0) is 6.54 Å². The molecule has 0 aliphatic heterocycles. The molecule has 0 atom stereocenters. The van der Waals surface area contributed by atoms with E-state index in [-0.39, 0.29) is 5.82 Å². The first-order valence-corrected chi connectivity index (χ1v) is 5.69. The summed E-state index contributed by atoms with van der Waals surface area (Å²) in [5, 5.41) is 3.13. The first-order chi connectivity index (χ1) is 7.66. The average Bonchev–Trinajstić information content (AvgIpc) is 2.67. The van der Waals surface area contributed by atoms with E-state index in [0.717, 1.165) is 11.4 Å². The van der Waals surface area contributed by atoms with Crippen molar-refractivity contribution in [1.29, 1.82) is 0 Å². The quantitative estimate of drug-likeness (QED) is 0.917. The van der Waals surface area contributed by atoms with Crippen LogP contribution in [0.15, 0.2) is 39.4 Å². The Morgan fingerprint density at radius 1 is 1.31 bits per heavy atom. The summed E-state index contributed by atoms with van der Waals surface area (Å²) < 4.78 is 19.3. The summed E-state index contributed by atoms with van der Waals surface area (Å²) in [6.07, 6.45) is 0. The molecule has 4 heteroatoms. The van der Waals surface area contributed by atoms with Crippen molar-refractivity contribution in [2.75, 3.05) is 5.32 Å². The number of rotatable bonds is 3. The highest BCUT2D eigenvalue weighted by Gasteiger charge is 2.04. The summed E-state index contributed by atoms with van der Waals surface area (Å²) in [6.45, 7) is 2.28. The van der Waals surface area contributed by atoms with Gasteiger partial charge in [0.15, 0.2) is 4.67 Å². The lowest BCUT2D eigenvalue weighted by Gasteiger charge is -2.08. The lowest BCUT2D eigenvalue weighted by Crippen LogP contribution is -2.00. The van der Waals surface area contributed by atoms with Gasteiger partial charge in [-0.25, -0.2) is 4.39 Å². The van der Waals surface area contributed by atoms with Gasteiger partial charge >= 0.3 is 0 Å². The van der Waals surface area contributed by atoms with Gasteiger partial charge in [-0.1, -0.05) is 6.07 Å². The Morgan fingerprint density at radius 3 is 2.81 bits per heavy atom. The zero-order valence-electron chi connectivity index (χ0n) is 8.76. The van der Waals surface area contributed by atoms with E-state index in [9.17, 15) is 4.39 Å². The molecule has 1 aromatic carbocycles. The maximum atomic E-state index is 13.2. The Morgan fingerprint density at radius 2 is 2.12 bits per heavy atom. The van der Waals surface area contributed by atoms with Crippen LogP contribution in [0.3, 0.4) is 0 Å². The molecule has 84 valence electrons. The van der Waals surface area contributed by atoms with Crippen molar-refractivity contribution in [2.24, 2.45) is 0 Å². The monoisotopic (exact) mass is 283 g/mol. The molecular weight excluding hydrogens is 273 g/mol. The predicted molar refractivity (Wildman–Crippen MR) is 64.9 cm³/mol. The van der Waals surface area contributed by atoms with Crippen LogP contribution in [0.1, 0.15) is 11.3 Å². The molecule has 0 unspecified atom stereocenters. The Kier molecular flexibility index (Phi) is 3.29. The second-order valence-corrected chi connectivity index (χ2v) is 4.25. The van der Waals surface area contributed by atoms with E-state index < -0.39 is 0 Å². The van der Waals surface area contributed by atoms with Crippen molar-refractivity contribution in [3.63, 3.8) is 0 Å². The Labute approximate surface area is 102 Å². The smallest absolute Gasteiger partial charge is 0.169 e. The fraction of sp³-hybridized carbons (Fsp3) is 0.167. The number of benzene rings is 1. The second kappa shape index (κ2) is 4.70. The van der Waals surface area contributed by atoms with E-state index in [1.54, 1.807) is 13.0 Å². The molecule has 1 heterocycles. The predicted octanol–water partition coefficient (Wildman–Crippen LogP) is 4.10. The molecule has 2 aromatic rings. The maximum absolute atomic E-state index is 13.2. The molecule has 0 aliphatic carbocycles. The van der Waals surface area contributed by atoms with E-state index in [1.807, 2.05) is 18.2 Å². The standard InChI is InChI=1S/C12H11BrFNO/c1-8-10(14)3-2-4-11(8)15-7-9-5-6-12(13)16-9/h2-6,15H,7H2,1H3. The molecule has 0 fully saturated rings. The van der Waals surface area contributed by atoms with E-state index in [2.05, 4.69) is 21.2 Å². The molecule has 0 bridgehead atoms. The number of hydrogen-bond donors (Lipinski definition) is 1. The largest absolute Gasteiger partial charge is 0.452 e. The third kappa shape index (κ3) is 2.44. The van der Waals surface area contributed by atoms with Crippen molar-refractivity contribution in [2.45, 2.75) is 13.5 Å². The SMILES string of the molecule is Cc1c(F)cccc1NCc1ccc(Br)o1. The third-order valence-electron chi connectivity index (χ3n) is 2.35. The van der Waals surface area contributed by atoms with Crippen LogP contribution in [0.4, 0.5) is 10.1 Å². The number of anilines is 1. The van der Waals surface area contributed by atoms with Gasteiger partial charge in [0.05, 0.1) is 6.54 Å². The van der Waals surface area contributed by atoms with Gasteiger partial charge in [-0.15, -0.1) is 0 Å². The molecule has 16 heavy (non-hydrogen) atoms. The van der Waals surface area contributed by atoms with Gasteiger partial charge in [0.25, 0.3) is 0 Å². The van der Waals surface area contributed by atoms with Crippen LogP contribution in [0.2, 0.25) is 0 Å². The summed E-state index contributed by atoms with van der Waals surface area (Å²) >= 11 is 3.23. The van der Waals surface area contributed by atoms with Crippen molar-refractivity contribution < 1.29 is 8.81 Å². The Balaban J connectivity index is 2.07. The molecule has 0 amide bonds. The summed E-state index contributed by atoms with van der Waals surface area (Å²) in [5.41, 5.74) is 1.40. The highest BCUT2D eigenvalue weighted by molar-refractivity contribution is 9.10. The first-order valence-electron chi connectivity index (χ1n) is 4.90. The molecule has 0 spiro atoms. The minimum absolute atomic E-state index is 0.203. The van der Waals surface area contributed by atoms with Crippen LogP contribution in [0, 0.1) is 12.7 Å². The van der Waals surface area contributed by atoms with Gasteiger partial charge in [-0.2, -0.15) is 0 Å². The minimum atomic E-state index is -0.203. The van der Waals surface area contributed by atoms with Crippen LogP contribution < -0.4 is 5.32 Å². The minimum Gasteiger partial charge on any atom is -0.452 e. The maximum Gasteiger partial charge on any atom is 0.169 e. The summed E-state index contributed by atoms with van der Waals surface area (Å²) in [5.74, 6) is 0.598. The first kappa shape index (κ1) is 11.2. The van der Waals surface area contributed by atoms with Gasteiger partial charge in [-0.05, 0) is 47.1 Å². The molecule has 2 rings (SSSR count). The summed E-state index contributed by atoms with van der Waals surface area (Å²) in [6, 6.07) is 8.67. The van der Waals surface area contributed by atoms with Crippen LogP contribution in [0.25, 0.3) is 0 Å². The van der Waals surface area contributed by atoms with Crippen molar-refractivity contribution in [1.82, 2.24) is 0 Å². The van der Waals surface area contributed by atoms with Gasteiger partial charge < -0.3 is 9.73 Å². The molecular formula is C12H11BrFNO. The van der Waals surface area contributed by atoms with Crippen molar-refractivity contribution >= 4 is 21.6 Å². The Bertz CT molecular complexity index is 496. The zero-order valence-corrected chi connectivity index (χ0v) is 10.3. The van der Waals surface area contributed by atoms with Crippen LogP contribution in [-0.4, -0.2) is 0 Å². The molecule has 1 aromatic heterocycles. The number of nitrogens with one attached hydrogen (secondary N) is 1. The lowest BCUT2D eigenvalue weighted by atomic mass is 10.2. The van der Waals surface area contributed by atoms with Crippen LogP contribution >= 0.6 is 15.9 Å². The van der Waals surface area contributed by atoms with E-state index >= 15 is 0 Å². The molecule has 0 aliphatic rings. The van der Waals surface area contributed by atoms with Gasteiger partial charge in [0.2, 0.25) is 0 Å². The normalized spacial score (nSPS) is 10.4. The van der Waals surface area contributed by atoms with E-state index in [1.165, 1.54) is 6.07 Å². The fourth-order valence-electron chi connectivity index (χ4n) is 1.43. The van der Waals surface area contributed by atoms with Gasteiger partial charge in [0, 0.05) is 11.3 Å². The zero-order chi connectivity index (χ0) is 11.5. The second-order valence-electron chi connectivity index (χ2n) is 3.47. The molecule has 1 N–H and O–H groups in total. The van der Waals surface area contributed by atoms with E-state index in [0.29, 0.717) is 16.8 Å². The van der Waals surface area contributed by atoms with Crippen LogP contribution in [0.5, 0.6) is 0 Å². The number of halogens is 2. The summed E-state index contributed by atoms with van der Waals surface area (Å²) in [7, 11) is 0. The van der Waals surface area contributed by atoms with Crippen molar-refractivity contribution in [3.05, 3.63) is 52.1 Å². The Hall–Kier alpha value is -1.29. The number of furan rings is 1. The number of hydrogen-bond acceptors (Lipinski definition) is 2. The van der Waals surface area contributed by atoms with Crippen molar-refractivity contribution in [3.8, 4) is 0 Å². The highest BCUT2D eigenvalue weighted by atomic mass is 79.9. The topological polar surface area (TPSA) is 25.2 Å². The third-order valence-corrected chi connectivity index (χ3v) is 2.78. The van der Waals surface area contributed by atoms with Gasteiger partial charge in [-0.3, -0.25) is 0 Å². The van der Waals surface area contributed by atoms with E-state index in [4.69, 9.17) is 4.42 Å². The highest BCUT2D eigenvalue weighted by Crippen LogP contribution is 2.19. The summed E-state index contributed by atoms with van der Waals surface area (Å²) in [4.78, 5) is 0. The average molecular weight is 284 g/mol. The molecule has 0 saturated heterocycles. The molecule has 2 nitrogen and oxygen atoms in total. The fourth-order valence-corrected chi connectivity index (χ4v) is 1.77. The molecule has 0 saturated carbocycles. The van der Waals surface area contributed by atoms with Gasteiger partial charge in [0.1, 0.15) is 11.6 Å². The molecule has 0 radical (unpaired) electrons.